The molecule has 0 aliphatic heterocycles. The van der Waals surface area contributed by atoms with Crippen LogP contribution in [0, 0.1) is 0 Å². The second-order valence-electron chi connectivity index (χ2n) is 3.77. The van der Waals surface area contributed by atoms with Crippen molar-refractivity contribution < 1.29 is 8.42 Å². The zero-order valence-corrected chi connectivity index (χ0v) is 9.52. The quantitative estimate of drug-likeness (QED) is 0.851. The summed E-state index contributed by atoms with van der Waals surface area (Å²) in [6.45, 7) is 0. The highest BCUT2D eigenvalue weighted by Gasteiger charge is 2.17. The van der Waals surface area contributed by atoms with Gasteiger partial charge in [-0.1, -0.05) is 42.5 Å². The molecule has 1 aromatic carbocycles. The topological polar surface area (TPSA) is 60.2 Å². The maximum absolute atomic E-state index is 11.2. The first-order valence-corrected chi connectivity index (χ1v) is 6.58. The third kappa shape index (κ3) is 2.40. The van der Waals surface area contributed by atoms with E-state index in [1.807, 2.05) is 36.4 Å². The normalized spacial score (nSPS) is 20.6. The molecule has 1 aromatic rings. The molecular weight excluding hydrogens is 222 g/mol. The number of rotatable bonds is 2. The highest BCUT2D eigenvalue weighted by Crippen LogP contribution is 2.28. The molecule has 1 atom stereocenters. The standard InChI is InChI=1S/C12H13NO2S/c13-16(14,15)12-8-4-7-11(9-12)10-5-2-1-3-6-10/h1-6,8-9,11H,7H2,(H2,13,14,15). The molecule has 0 bridgehead atoms. The van der Waals surface area contributed by atoms with Crippen LogP contribution >= 0.6 is 0 Å². The molecule has 0 radical (unpaired) electrons. The van der Waals surface area contributed by atoms with E-state index in [1.54, 1.807) is 12.2 Å². The molecule has 84 valence electrons. The van der Waals surface area contributed by atoms with E-state index in [0.717, 1.165) is 12.0 Å². The molecular formula is C12H13NO2S. The smallest absolute Gasteiger partial charge is 0.225 e. The summed E-state index contributed by atoms with van der Waals surface area (Å²) < 4.78 is 22.4. The summed E-state index contributed by atoms with van der Waals surface area (Å²) in [6, 6.07) is 9.80. The van der Waals surface area contributed by atoms with E-state index < -0.39 is 10.0 Å². The molecule has 0 saturated carbocycles. The maximum atomic E-state index is 11.2. The van der Waals surface area contributed by atoms with Crippen molar-refractivity contribution in [3.63, 3.8) is 0 Å². The van der Waals surface area contributed by atoms with Gasteiger partial charge in [0.1, 0.15) is 0 Å². The Morgan fingerprint density at radius 2 is 1.88 bits per heavy atom. The lowest BCUT2D eigenvalue weighted by Gasteiger charge is -2.15. The molecule has 0 amide bonds. The van der Waals surface area contributed by atoms with E-state index in [0.29, 0.717) is 0 Å². The van der Waals surface area contributed by atoms with Crippen LogP contribution in [-0.2, 0) is 10.0 Å². The van der Waals surface area contributed by atoms with E-state index in [9.17, 15) is 8.42 Å². The summed E-state index contributed by atoms with van der Waals surface area (Å²) in [4.78, 5) is 0.201. The van der Waals surface area contributed by atoms with Gasteiger partial charge in [-0.05, 0) is 18.1 Å². The molecule has 1 aliphatic rings. The first-order valence-electron chi connectivity index (χ1n) is 5.03. The fourth-order valence-electron chi connectivity index (χ4n) is 1.77. The highest BCUT2D eigenvalue weighted by molar-refractivity contribution is 7.93. The molecule has 4 heteroatoms. The second kappa shape index (κ2) is 4.23. The van der Waals surface area contributed by atoms with Crippen molar-refractivity contribution in [2.24, 2.45) is 5.14 Å². The summed E-state index contributed by atoms with van der Waals surface area (Å²) in [5, 5.41) is 5.10. The van der Waals surface area contributed by atoms with Gasteiger partial charge >= 0.3 is 0 Å². The number of primary sulfonamides is 1. The van der Waals surface area contributed by atoms with Gasteiger partial charge < -0.3 is 0 Å². The number of hydrogen-bond donors (Lipinski definition) is 1. The van der Waals surface area contributed by atoms with Crippen LogP contribution in [0.4, 0.5) is 0 Å². The Hall–Kier alpha value is -1.39. The average molecular weight is 235 g/mol. The van der Waals surface area contributed by atoms with E-state index in [2.05, 4.69) is 0 Å². The van der Waals surface area contributed by atoms with Crippen molar-refractivity contribution in [1.82, 2.24) is 0 Å². The van der Waals surface area contributed by atoms with Gasteiger partial charge in [-0.2, -0.15) is 0 Å². The van der Waals surface area contributed by atoms with Gasteiger partial charge in [-0.15, -0.1) is 0 Å². The first kappa shape index (κ1) is 11.1. The predicted octanol–water partition coefficient (Wildman–Crippen LogP) is 1.90. The van der Waals surface area contributed by atoms with Crippen molar-refractivity contribution in [3.8, 4) is 0 Å². The van der Waals surface area contributed by atoms with Crippen LogP contribution in [-0.4, -0.2) is 8.42 Å². The van der Waals surface area contributed by atoms with Crippen LogP contribution in [0.1, 0.15) is 17.9 Å². The third-order valence-corrected chi connectivity index (χ3v) is 3.52. The Balaban J connectivity index is 2.34. The van der Waals surface area contributed by atoms with Gasteiger partial charge in [0.05, 0.1) is 4.91 Å². The molecule has 2 rings (SSSR count). The maximum Gasteiger partial charge on any atom is 0.237 e. The van der Waals surface area contributed by atoms with Crippen LogP contribution in [0.2, 0.25) is 0 Å². The van der Waals surface area contributed by atoms with Gasteiger partial charge in [0.2, 0.25) is 10.0 Å². The van der Waals surface area contributed by atoms with Crippen LogP contribution in [0.3, 0.4) is 0 Å². The lowest BCUT2D eigenvalue weighted by Crippen LogP contribution is -2.15. The lowest BCUT2D eigenvalue weighted by molar-refractivity contribution is 0.604. The van der Waals surface area contributed by atoms with Crippen molar-refractivity contribution in [2.45, 2.75) is 12.3 Å². The molecule has 0 fully saturated rings. The van der Waals surface area contributed by atoms with Crippen molar-refractivity contribution in [3.05, 3.63) is 59.0 Å². The minimum absolute atomic E-state index is 0.0968. The summed E-state index contributed by atoms with van der Waals surface area (Å²) in [5.41, 5.74) is 1.10. The van der Waals surface area contributed by atoms with Gasteiger partial charge in [0.15, 0.2) is 0 Å². The summed E-state index contributed by atoms with van der Waals surface area (Å²) in [6.07, 6.45) is 5.93. The Bertz CT molecular complexity index is 529. The number of allylic oxidation sites excluding steroid dienone is 3. The summed E-state index contributed by atoms with van der Waals surface area (Å²) in [5.74, 6) is 0.0968. The van der Waals surface area contributed by atoms with Crippen LogP contribution in [0.5, 0.6) is 0 Å². The molecule has 1 aliphatic carbocycles. The molecule has 0 saturated heterocycles. The fourth-order valence-corrected chi connectivity index (χ4v) is 2.41. The Kier molecular flexibility index (Phi) is 2.94. The molecule has 16 heavy (non-hydrogen) atoms. The van der Waals surface area contributed by atoms with Crippen molar-refractivity contribution in [2.75, 3.05) is 0 Å². The van der Waals surface area contributed by atoms with Crippen molar-refractivity contribution >= 4 is 10.0 Å². The summed E-state index contributed by atoms with van der Waals surface area (Å²) >= 11 is 0. The number of sulfonamides is 1. The molecule has 0 aromatic heterocycles. The number of nitrogens with two attached hydrogens (primary N) is 1. The van der Waals surface area contributed by atoms with Gasteiger partial charge in [-0.25, -0.2) is 13.6 Å². The molecule has 0 heterocycles. The molecule has 2 N–H and O–H groups in total. The van der Waals surface area contributed by atoms with Crippen LogP contribution in [0.15, 0.2) is 53.5 Å². The molecule has 1 unspecified atom stereocenters. The van der Waals surface area contributed by atoms with Gasteiger partial charge in [-0.3, -0.25) is 0 Å². The molecule has 3 nitrogen and oxygen atoms in total. The van der Waals surface area contributed by atoms with E-state index in [1.165, 1.54) is 0 Å². The van der Waals surface area contributed by atoms with Crippen molar-refractivity contribution in [1.29, 1.82) is 0 Å². The Morgan fingerprint density at radius 3 is 2.50 bits per heavy atom. The van der Waals surface area contributed by atoms with Crippen LogP contribution in [0.25, 0.3) is 0 Å². The third-order valence-electron chi connectivity index (χ3n) is 2.59. The fraction of sp³-hybridized carbons (Fsp3) is 0.167. The second-order valence-corrected chi connectivity index (χ2v) is 5.33. The SMILES string of the molecule is NS(=O)(=O)C1=CC(c2ccccc2)CC=C1. The highest BCUT2D eigenvalue weighted by atomic mass is 32.2. The zero-order valence-electron chi connectivity index (χ0n) is 8.71. The Labute approximate surface area is 95.3 Å². The monoisotopic (exact) mass is 235 g/mol. The average Bonchev–Trinajstić information content (AvgIpc) is 2.29. The van der Waals surface area contributed by atoms with E-state index >= 15 is 0 Å². The first-order chi connectivity index (χ1) is 7.57. The minimum atomic E-state index is -3.59. The number of hydrogen-bond acceptors (Lipinski definition) is 2. The van der Waals surface area contributed by atoms with E-state index in [4.69, 9.17) is 5.14 Å². The largest absolute Gasteiger partial charge is 0.237 e. The van der Waals surface area contributed by atoms with Gasteiger partial charge in [0.25, 0.3) is 0 Å². The predicted molar refractivity (Wildman–Crippen MR) is 64.1 cm³/mol. The zero-order chi connectivity index (χ0) is 11.6. The Morgan fingerprint density at radius 1 is 1.19 bits per heavy atom. The minimum Gasteiger partial charge on any atom is -0.225 e. The van der Waals surface area contributed by atoms with Crippen LogP contribution < -0.4 is 5.14 Å². The van der Waals surface area contributed by atoms with Gasteiger partial charge in [0, 0.05) is 5.92 Å². The molecule has 0 spiro atoms. The van der Waals surface area contributed by atoms with E-state index in [-0.39, 0.29) is 10.8 Å². The lowest BCUT2D eigenvalue weighted by atomic mass is 9.93. The summed E-state index contributed by atoms with van der Waals surface area (Å²) in [7, 11) is -3.59. The number of benzene rings is 1.